The summed E-state index contributed by atoms with van der Waals surface area (Å²) in [5, 5.41) is 14.7. The minimum Gasteiger partial charge on any atom is -0.393 e. The van der Waals surface area contributed by atoms with Crippen LogP contribution in [0.3, 0.4) is 0 Å². The Hall–Kier alpha value is -1.40. The first-order valence-corrected chi connectivity index (χ1v) is 5.25. The van der Waals surface area contributed by atoms with Crippen LogP contribution >= 0.6 is 15.9 Å². The van der Waals surface area contributed by atoms with Crippen molar-refractivity contribution in [1.82, 2.24) is 5.32 Å². The lowest BCUT2D eigenvalue weighted by atomic mass is 10.0. The van der Waals surface area contributed by atoms with Crippen molar-refractivity contribution in [2.24, 2.45) is 0 Å². The van der Waals surface area contributed by atoms with Crippen LogP contribution in [0.25, 0.3) is 6.08 Å². The fourth-order valence-electron chi connectivity index (χ4n) is 1.42. The Morgan fingerprint density at radius 3 is 2.81 bits per heavy atom. The molecule has 1 rings (SSSR count). The van der Waals surface area contributed by atoms with Crippen molar-refractivity contribution < 1.29 is 4.92 Å². The van der Waals surface area contributed by atoms with Gasteiger partial charge in [-0.25, -0.2) is 5.32 Å². The summed E-state index contributed by atoms with van der Waals surface area (Å²) in [6.45, 7) is 3.98. The third-order valence-corrected chi connectivity index (χ3v) is 2.82. The first-order valence-electron chi connectivity index (χ1n) is 4.46. The largest absolute Gasteiger partial charge is 0.393 e. The van der Waals surface area contributed by atoms with Crippen molar-refractivity contribution in [3.8, 4) is 0 Å². The van der Waals surface area contributed by atoms with Gasteiger partial charge in [0.05, 0.1) is 4.92 Å². The number of hydrogen-bond acceptors (Lipinski definition) is 3. The van der Waals surface area contributed by atoms with Gasteiger partial charge in [-0.2, -0.15) is 0 Å². The molecule has 0 spiro atoms. The summed E-state index contributed by atoms with van der Waals surface area (Å²) >= 11 is 3.26. The highest BCUT2D eigenvalue weighted by molar-refractivity contribution is 9.10. The molecule has 0 heterocycles. The van der Waals surface area contributed by atoms with Gasteiger partial charge in [0.1, 0.15) is 5.69 Å². The van der Waals surface area contributed by atoms with Crippen LogP contribution in [-0.4, -0.2) is 12.0 Å². The van der Waals surface area contributed by atoms with E-state index in [2.05, 4.69) is 27.8 Å². The van der Waals surface area contributed by atoms with Crippen LogP contribution in [0.2, 0.25) is 0 Å². The van der Waals surface area contributed by atoms with Gasteiger partial charge >= 0.3 is 0 Å². The number of anilines is 1. The summed E-state index contributed by atoms with van der Waals surface area (Å²) < 4.78 is 0.599. The van der Waals surface area contributed by atoms with Crippen molar-refractivity contribution in [2.75, 3.05) is 12.8 Å². The van der Waals surface area contributed by atoms with Crippen LogP contribution < -0.4 is 11.1 Å². The summed E-state index contributed by atoms with van der Waals surface area (Å²) in [5.41, 5.74) is 7.15. The van der Waals surface area contributed by atoms with E-state index in [0.29, 0.717) is 16.6 Å². The molecule has 0 aliphatic carbocycles. The van der Waals surface area contributed by atoms with E-state index < -0.39 is 4.92 Å². The van der Waals surface area contributed by atoms with E-state index >= 15 is 0 Å². The first kappa shape index (κ1) is 12.7. The van der Waals surface area contributed by atoms with Gasteiger partial charge in [0.15, 0.2) is 0 Å². The predicted octanol–water partition coefficient (Wildman–Crippen LogP) is 2.32. The number of nitrogen functional groups attached to an aromatic ring is 1. The molecular weight excluding hydrogens is 274 g/mol. The van der Waals surface area contributed by atoms with Crippen molar-refractivity contribution in [3.05, 3.63) is 38.4 Å². The number of hydrogen-bond donors (Lipinski definition) is 1. The molecule has 2 N–H and O–H groups in total. The zero-order chi connectivity index (χ0) is 12.3. The Labute approximate surface area is 102 Å². The van der Waals surface area contributed by atoms with E-state index in [-0.39, 0.29) is 11.4 Å². The Morgan fingerprint density at radius 1 is 1.75 bits per heavy atom. The van der Waals surface area contributed by atoms with Gasteiger partial charge in [-0.15, -0.1) is 0 Å². The highest BCUT2D eigenvalue weighted by Gasteiger charge is 2.19. The van der Waals surface area contributed by atoms with E-state index in [4.69, 9.17) is 5.73 Å². The average Bonchev–Trinajstić information content (AvgIpc) is 2.23. The van der Waals surface area contributed by atoms with Crippen LogP contribution in [0.15, 0.2) is 17.1 Å². The van der Waals surface area contributed by atoms with Gasteiger partial charge in [0.2, 0.25) is 0 Å². The fourth-order valence-corrected chi connectivity index (χ4v) is 2.04. The van der Waals surface area contributed by atoms with E-state index in [1.165, 1.54) is 6.07 Å². The van der Waals surface area contributed by atoms with Gasteiger partial charge in [0.25, 0.3) is 5.69 Å². The summed E-state index contributed by atoms with van der Waals surface area (Å²) in [5.74, 6) is 0. The Balaban J connectivity index is 3.51. The second-order valence-corrected chi connectivity index (χ2v) is 3.97. The van der Waals surface area contributed by atoms with E-state index in [0.717, 1.165) is 5.56 Å². The van der Waals surface area contributed by atoms with Gasteiger partial charge in [-0.1, -0.05) is 12.7 Å². The predicted molar refractivity (Wildman–Crippen MR) is 67.1 cm³/mol. The van der Waals surface area contributed by atoms with Crippen molar-refractivity contribution in [2.45, 2.75) is 6.54 Å². The summed E-state index contributed by atoms with van der Waals surface area (Å²) in [6.07, 6.45) is 1.60. The van der Waals surface area contributed by atoms with E-state index in [9.17, 15) is 10.1 Å². The maximum Gasteiger partial charge on any atom is 0.293 e. The monoisotopic (exact) mass is 284 g/mol. The summed E-state index contributed by atoms with van der Waals surface area (Å²) in [7, 11) is 1.62. The summed E-state index contributed by atoms with van der Waals surface area (Å²) in [4.78, 5) is 10.3. The SMILES string of the molecule is C=Cc1c(Br)cc([N+](=O)[O-])c(N)c1C[N]C. The molecule has 5 nitrogen and oxygen atoms in total. The molecule has 16 heavy (non-hydrogen) atoms. The van der Waals surface area contributed by atoms with E-state index in [1.807, 2.05) is 0 Å². The molecule has 0 amide bonds. The van der Waals surface area contributed by atoms with E-state index in [1.54, 1.807) is 13.1 Å². The molecule has 0 aromatic heterocycles. The molecule has 0 aliphatic rings. The second-order valence-electron chi connectivity index (χ2n) is 3.12. The normalized spacial score (nSPS) is 10.1. The molecule has 0 saturated heterocycles. The number of benzene rings is 1. The molecule has 85 valence electrons. The number of halogens is 1. The molecule has 0 aliphatic heterocycles. The highest BCUT2D eigenvalue weighted by Crippen LogP contribution is 2.34. The average molecular weight is 285 g/mol. The lowest BCUT2D eigenvalue weighted by molar-refractivity contribution is -0.384. The third-order valence-electron chi connectivity index (χ3n) is 2.16. The molecule has 0 saturated carbocycles. The lowest BCUT2D eigenvalue weighted by Gasteiger charge is -2.10. The van der Waals surface area contributed by atoms with Crippen molar-refractivity contribution in [1.29, 1.82) is 0 Å². The van der Waals surface area contributed by atoms with Crippen molar-refractivity contribution >= 4 is 33.4 Å². The molecule has 1 aromatic rings. The topological polar surface area (TPSA) is 83.3 Å². The number of nitro benzene ring substituents is 1. The van der Waals surface area contributed by atoms with Crippen LogP contribution in [-0.2, 0) is 6.54 Å². The molecule has 0 unspecified atom stereocenters. The van der Waals surface area contributed by atoms with Gasteiger partial charge in [0, 0.05) is 29.7 Å². The Bertz CT molecular complexity index is 446. The second kappa shape index (κ2) is 5.09. The van der Waals surface area contributed by atoms with Crippen LogP contribution in [0.1, 0.15) is 11.1 Å². The molecule has 0 fully saturated rings. The van der Waals surface area contributed by atoms with Crippen LogP contribution in [0.4, 0.5) is 11.4 Å². The van der Waals surface area contributed by atoms with Gasteiger partial charge in [-0.3, -0.25) is 10.1 Å². The molecular formula is C10H11BrN3O2. The number of nitrogens with zero attached hydrogens (tertiary/aromatic N) is 2. The Kier molecular flexibility index (Phi) is 4.03. The molecule has 6 heteroatoms. The third kappa shape index (κ3) is 2.23. The zero-order valence-corrected chi connectivity index (χ0v) is 10.3. The number of nitrogens with two attached hydrogens (primary N) is 1. The fraction of sp³-hybridized carbons (Fsp3) is 0.200. The Morgan fingerprint density at radius 2 is 2.38 bits per heavy atom. The van der Waals surface area contributed by atoms with Gasteiger partial charge < -0.3 is 5.73 Å². The smallest absolute Gasteiger partial charge is 0.293 e. The van der Waals surface area contributed by atoms with Crippen LogP contribution in [0.5, 0.6) is 0 Å². The number of rotatable bonds is 4. The molecule has 0 atom stereocenters. The standard InChI is InChI=1S/C10H11BrN3O2/c1-3-6-7(5-13-2)10(12)9(14(15)16)4-8(6)11/h3-4H,1,5,12H2,2H3. The summed E-state index contributed by atoms with van der Waals surface area (Å²) in [6, 6.07) is 1.38. The zero-order valence-electron chi connectivity index (χ0n) is 8.74. The molecule has 0 bridgehead atoms. The minimum absolute atomic E-state index is 0.115. The first-order chi connectivity index (χ1) is 7.52. The molecule has 1 radical (unpaired) electrons. The quantitative estimate of drug-likeness (QED) is 0.523. The van der Waals surface area contributed by atoms with Crippen molar-refractivity contribution in [3.63, 3.8) is 0 Å². The maximum absolute atomic E-state index is 10.8. The van der Waals surface area contributed by atoms with Crippen LogP contribution in [0, 0.1) is 10.1 Å². The lowest BCUT2D eigenvalue weighted by Crippen LogP contribution is -2.07. The highest BCUT2D eigenvalue weighted by atomic mass is 79.9. The minimum atomic E-state index is -0.508. The van der Waals surface area contributed by atoms with Gasteiger partial charge in [-0.05, 0) is 21.5 Å². The molecule has 1 aromatic carbocycles. The number of nitro groups is 1. The maximum atomic E-state index is 10.8.